The number of aliphatic hydroxyl groups excluding tert-OH is 1. The van der Waals surface area contributed by atoms with Crippen LogP contribution in [0.4, 0.5) is 0 Å². The summed E-state index contributed by atoms with van der Waals surface area (Å²) in [5.74, 6) is 0. The molecule has 0 aromatic rings. The Balaban J connectivity index is 1.88. The van der Waals surface area contributed by atoms with Gasteiger partial charge in [-0.1, -0.05) is 11.6 Å². The van der Waals surface area contributed by atoms with Crippen LogP contribution < -0.4 is 5.32 Å². The van der Waals surface area contributed by atoms with Gasteiger partial charge >= 0.3 is 0 Å². The lowest BCUT2D eigenvalue weighted by atomic mass is 10.2. The van der Waals surface area contributed by atoms with E-state index in [2.05, 4.69) is 11.4 Å². The van der Waals surface area contributed by atoms with Gasteiger partial charge in [0.2, 0.25) is 0 Å². The molecule has 0 radical (unpaired) electrons. The van der Waals surface area contributed by atoms with Gasteiger partial charge in [0.25, 0.3) is 0 Å². The minimum atomic E-state index is 0.301. The third kappa shape index (κ3) is 3.88. The summed E-state index contributed by atoms with van der Waals surface area (Å²) in [5, 5.41) is 11.8. The molecule has 0 amide bonds. The Bertz CT molecular complexity index is 143. The average Bonchev–Trinajstić information content (AvgIpc) is 2.57. The van der Waals surface area contributed by atoms with Crippen molar-refractivity contribution in [3.63, 3.8) is 0 Å². The summed E-state index contributed by atoms with van der Waals surface area (Å²) in [4.78, 5) is 0. The minimum absolute atomic E-state index is 0.301. The summed E-state index contributed by atoms with van der Waals surface area (Å²) in [6.07, 6.45) is 8.39. The topological polar surface area (TPSA) is 32.3 Å². The average molecular weight is 169 g/mol. The lowest BCUT2D eigenvalue weighted by Gasteiger charge is -2.03. The molecule has 0 saturated carbocycles. The molecule has 0 atom stereocenters. The van der Waals surface area contributed by atoms with E-state index in [1.54, 1.807) is 5.57 Å². The second-order valence-electron chi connectivity index (χ2n) is 3.33. The highest BCUT2D eigenvalue weighted by Crippen LogP contribution is 2.19. The molecule has 70 valence electrons. The van der Waals surface area contributed by atoms with Crippen molar-refractivity contribution in [3.05, 3.63) is 11.6 Å². The summed E-state index contributed by atoms with van der Waals surface area (Å²) in [6, 6.07) is 0. The smallest absolute Gasteiger partial charge is 0.0443 e. The van der Waals surface area contributed by atoms with Crippen LogP contribution in [-0.2, 0) is 0 Å². The zero-order chi connectivity index (χ0) is 8.65. The maximum atomic E-state index is 8.53. The predicted molar refractivity (Wildman–Crippen MR) is 51.1 cm³/mol. The summed E-state index contributed by atoms with van der Waals surface area (Å²) >= 11 is 0. The number of hydrogen-bond donors (Lipinski definition) is 2. The number of rotatable bonds is 6. The van der Waals surface area contributed by atoms with E-state index in [9.17, 15) is 0 Å². The van der Waals surface area contributed by atoms with Crippen LogP contribution in [0.5, 0.6) is 0 Å². The second-order valence-corrected chi connectivity index (χ2v) is 3.33. The first-order valence-electron chi connectivity index (χ1n) is 4.93. The third-order valence-corrected chi connectivity index (χ3v) is 2.27. The van der Waals surface area contributed by atoms with E-state index < -0.39 is 0 Å². The Hall–Kier alpha value is -0.340. The molecule has 1 aliphatic rings. The zero-order valence-electron chi connectivity index (χ0n) is 7.68. The van der Waals surface area contributed by atoms with Crippen molar-refractivity contribution in [2.45, 2.75) is 32.1 Å². The molecule has 12 heavy (non-hydrogen) atoms. The molecule has 0 aliphatic heterocycles. The fourth-order valence-corrected chi connectivity index (χ4v) is 1.54. The van der Waals surface area contributed by atoms with E-state index in [0.29, 0.717) is 6.61 Å². The van der Waals surface area contributed by atoms with Crippen LogP contribution in [0.15, 0.2) is 11.6 Å². The van der Waals surface area contributed by atoms with Gasteiger partial charge in [-0.3, -0.25) is 0 Å². The summed E-state index contributed by atoms with van der Waals surface area (Å²) in [6.45, 7) is 2.32. The molecule has 0 saturated heterocycles. The Morgan fingerprint density at radius 1 is 1.42 bits per heavy atom. The molecule has 0 bridgehead atoms. The minimum Gasteiger partial charge on any atom is -0.396 e. The highest BCUT2D eigenvalue weighted by molar-refractivity contribution is 5.07. The molecule has 1 rings (SSSR count). The van der Waals surface area contributed by atoms with Gasteiger partial charge < -0.3 is 10.4 Å². The first-order chi connectivity index (χ1) is 5.93. The zero-order valence-corrected chi connectivity index (χ0v) is 7.68. The lowest BCUT2D eigenvalue weighted by Crippen LogP contribution is -2.17. The van der Waals surface area contributed by atoms with Crippen LogP contribution in [-0.4, -0.2) is 24.8 Å². The lowest BCUT2D eigenvalue weighted by molar-refractivity contribution is 0.286. The molecule has 2 heteroatoms. The predicted octanol–water partition coefficient (Wildman–Crippen LogP) is 1.46. The van der Waals surface area contributed by atoms with Crippen molar-refractivity contribution in [1.82, 2.24) is 5.32 Å². The van der Waals surface area contributed by atoms with Crippen molar-refractivity contribution in [1.29, 1.82) is 0 Å². The third-order valence-electron chi connectivity index (χ3n) is 2.27. The van der Waals surface area contributed by atoms with E-state index in [-0.39, 0.29) is 0 Å². The number of allylic oxidation sites excluding steroid dienone is 1. The molecule has 0 heterocycles. The van der Waals surface area contributed by atoms with Gasteiger partial charge in [-0.25, -0.2) is 0 Å². The van der Waals surface area contributed by atoms with Gasteiger partial charge in [0.05, 0.1) is 0 Å². The molecule has 2 N–H and O–H groups in total. The first-order valence-corrected chi connectivity index (χ1v) is 4.93. The van der Waals surface area contributed by atoms with Gasteiger partial charge in [0.15, 0.2) is 0 Å². The second kappa shape index (κ2) is 6.21. The van der Waals surface area contributed by atoms with E-state index in [1.165, 1.54) is 25.7 Å². The Morgan fingerprint density at radius 3 is 3.00 bits per heavy atom. The van der Waals surface area contributed by atoms with Crippen molar-refractivity contribution in [3.8, 4) is 0 Å². The van der Waals surface area contributed by atoms with Crippen LogP contribution in [0.1, 0.15) is 32.1 Å². The van der Waals surface area contributed by atoms with Gasteiger partial charge in [-0.15, -0.1) is 0 Å². The number of aliphatic hydroxyl groups is 1. The largest absolute Gasteiger partial charge is 0.396 e. The quantitative estimate of drug-likeness (QED) is 0.466. The van der Waals surface area contributed by atoms with Gasteiger partial charge in [-0.05, 0) is 45.2 Å². The van der Waals surface area contributed by atoms with Gasteiger partial charge in [0.1, 0.15) is 0 Å². The van der Waals surface area contributed by atoms with Crippen LogP contribution in [0, 0.1) is 0 Å². The maximum absolute atomic E-state index is 8.53. The summed E-state index contributed by atoms with van der Waals surface area (Å²) in [5.41, 5.74) is 1.62. The Labute approximate surface area is 74.7 Å². The fourth-order valence-electron chi connectivity index (χ4n) is 1.54. The number of nitrogens with one attached hydrogen (secondary N) is 1. The SMILES string of the molecule is OCCCNCCC1=CCCC1. The van der Waals surface area contributed by atoms with E-state index in [0.717, 1.165) is 19.5 Å². The maximum Gasteiger partial charge on any atom is 0.0443 e. The van der Waals surface area contributed by atoms with E-state index in [4.69, 9.17) is 5.11 Å². The molecule has 0 aromatic carbocycles. The monoisotopic (exact) mass is 169 g/mol. The highest BCUT2D eigenvalue weighted by Gasteiger charge is 2.02. The summed E-state index contributed by atoms with van der Waals surface area (Å²) in [7, 11) is 0. The normalized spacial score (nSPS) is 16.6. The number of hydrogen-bond acceptors (Lipinski definition) is 2. The van der Waals surface area contributed by atoms with Crippen LogP contribution >= 0.6 is 0 Å². The standard InChI is InChI=1S/C10H19NO/c12-9-3-7-11-8-6-10-4-1-2-5-10/h4,11-12H,1-3,5-9H2. The molecule has 0 unspecified atom stereocenters. The fraction of sp³-hybridized carbons (Fsp3) is 0.800. The van der Waals surface area contributed by atoms with Crippen LogP contribution in [0.2, 0.25) is 0 Å². The van der Waals surface area contributed by atoms with Gasteiger partial charge in [0, 0.05) is 6.61 Å². The molecule has 0 fully saturated rings. The first kappa shape index (κ1) is 9.75. The molecular formula is C10H19NO. The van der Waals surface area contributed by atoms with Crippen molar-refractivity contribution >= 4 is 0 Å². The van der Waals surface area contributed by atoms with Crippen molar-refractivity contribution in [2.24, 2.45) is 0 Å². The van der Waals surface area contributed by atoms with E-state index in [1.807, 2.05) is 0 Å². The molecule has 0 aromatic heterocycles. The summed E-state index contributed by atoms with van der Waals surface area (Å²) < 4.78 is 0. The molecule has 0 spiro atoms. The van der Waals surface area contributed by atoms with Gasteiger partial charge in [-0.2, -0.15) is 0 Å². The molecule has 1 aliphatic carbocycles. The van der Waals surface area contributed by atoms with Crippen LogP contribution in [0.3, 0.4) is 0 Å². The van der Waals surface area contributed by atoms with Crippen LogP contribution in [0.25, 0.3) is 0 Å². The van der Waals surface area contributed by atoms with Crippen molar-refractivity contribution in [2.75, 3.05) is 19.7 Å². The highest BCUT2D eigenvalue weighted by atomic mass is 16.3. The van der Waals surface area contributed by atoms with Crippen molar-refractivity contribution < 1.29 is 5.11 Å². The Kier molecular flexibility index (Phi) is 5.04. The molecular weight excluding hydrogens is 150 g/mol. The Morgan fingerprint density at radius 2 is 2.33 bits per heavy atom. The van der Waals surface area contributed by atoms with E-state index >= 15 is 0 Å². The molecule has 2 nitrogen and oxygen atoms in total.